The number of benzene rings is 1. The Morgan fingerprint density at radius 1 is 1.24 bits per heavy atom. The normalized spacial score (nSPS) is 11.3. The molecule has 1 aromatic rings. The third kappa shape index (κ3) is 4.83. The van der Waals surface area contributed by atoms with Crippen LogP contribution in [0.15, 0.2) is 23.8 Å². The number of phenolic OH excluding ortho intramolecular Hbond substituents is 2. The van der Waals surface area contributed by atoms with E-state index in [0.717, 1.165) is 12.1 Å². The predicted octanol–water partition coefficient (Wildman–Crippen LogP) is 2.00. The molecule has 2 N–H and O–H groups in total. The molecule has 0 unspecified atom stereocenters. The summed E-state index contributed by atoms with van der Waals surface area (Å²) in [4.78, 5) is 23.8. The fourth-order valence-electron chi connectivity index (χ4n) is 1.50. The van der Waals surface area contributed by atoms with Gasteiger partial charge in [0, 0.05) is 11.6 Å². The zero-order valence-electron chi connectivity index (χ0n) is 12.1. The van der Waals surface area contributed by atoms with Gasteiger partial charge in [-0.25, -0.2) is 9.59 Å². The van der Waals surface area contributed by atoms with Crippen LogP contribution in [-0.2, 0) is 19.1 Å². The van der Waals surface area contributed by atoms with Crippen molar-refractivity contribution in [3.63, 3.8) is 0 Å². The van der Waals surface area contributed by atoms with Crippen molar-refractivity contribution in [3.8, 4) is 11.5 Å². The van der Waals surface area contributed by atoms with Gasteiger partial charge in [0.15, 0.2) is 0 Å². The molecule has 0 amide bonds. The van der Waals surface area contributed by atoms with Crippen LogP contribution < -0.4 is 0 Å². The minimum absolute atomic E-state index is 0.104. The van der Waals surface area contributed by atoms with Crippen LogP contribution in [0.2, 0.25) is 0 Å². The Bertz CT molecular complexity index is 559. The summed E-state index contributed by atoms with van der Waals surface area (Å²) in [6.45, 7) is 5.02. The Morgan fingerprint density at radius 3 is 2.43 bits per heavy atom. The Balaban J connectivity index is 3.18. The number of esters is 2. The number of ether oxygens (including phenoxy) is 2. The van der Waals surface area contributed by atoms with Gasteiger partial charge in [-0.15, -0.1) is 0 Å². The molecule has 0 saturated heterocycles. The molecular weight excluding hydrogens is 276 g/mol. The van der Waals surface area contributed by atoms with E-state index in [0.29, 0.717) is 0 Å². The molecule has 0 aliphatic carbocycles. The molecule has 1 rings (SSSR count). The van der Waals surface area contributed by atoms with Crippen molar-refractivity contribution in [2.75, 3.05) is 6.61 Å². The van der Waals surface area contributed by atoms with Gasteiger partial charge in [0.1, 0.15) is 17.1 Å². The molecule has 0 bridgehead atoms. The quantitative estimate of drug-likeness (QED) is 0.373. The molecule has 0 radical (unpaired) electrons. The van der Waals surface area contributed by atoms with Gasteiger partial charge < -0.3 is 19.7 Å². The van der Waals surface area contributed by atoms with Gasteiger partial charge in [0.2, 0.25) is 0 Å². The molecule has 114 valence electrons. The highest BCUT2D eigenvalue weighted by molar-refractivity contribution is 6.17. The van der Waals surface area contributed by atoms with Crippen molar-refractivity contribution >= 4 is 18.0 Å². The van der Waals surface area contributed by atoms with Crippen LogP contribution in [0.4, 0.5) is 0 Å². The van der Waals surface area contributed by atoms with Gasteiger partial charge in [-0.05, 0) is 39.0 Å². The number of carbonyl (C=O) groups excluding carboxylic acids is 2. The molecular formula is C15H18O6. The highest BCUT2D eigenvalue weighted by Crippen LogP contribution is 2.25. The van der Waals surface area contributed by atoms with Gasteiger partial charge in [0.25, 0.3) is 0 Å². The lowest BCUT2D eigenvalue weighted by molar-refractivity contribution is -0.148. The van der Waals surface area contributed by atoms with E-state index >= 15 is 0 Å². The number of phenols is 2. The molecule has 21 heavy (non-hydrogen) atoms. The standard InChI is InChI=1S/C15H18O6/c1-4-20-14(18)12(15(19)21-9(2)3)7-10-5-6-11(16)8-13(10)17/h5-9,16-17H,4H2,1-3H3. The van der Waals surface area contributed by atoms with Crippen LogP contribution in [0.1, 0.15) is 26.3 Å². The van der Waals surface area contributed by atoms with Crippen molar-refractivity contribution in [1.82, 2.24) is 0 Å². The molecule has 0 aromatic heterocycles. The zero-order chi connectivity index (χ0) is 16.0. The first-order valence-electron chi connectivity index (χ1n) is 6.47. The van der Waals surface area contributed by atoms with E-state index < -0.39 is 18.0 Å². The smallest absolute Gasteiger partial charge is 0.345 e. The SMILES string of the molecule is CCOC(=O)C(=Cc1ccc(O)cc1O)C(=O)OC(C)C. The van der Waals surface area contributed by atoms with Crippen molar-refractivity contribution in [2.45, 2.75) is 26.9 Å². The Labute approximate surface area is 122 Å². The van der Waals surface area contributed by atoms with Gasteiger partial charge in [0.05, 0.1) is 12.7 Å². The van der Waals surface area contributed by atoms with Crippen molar-refractivity contribution < 1.29 is 29.3 Å². The maximum atomic E-state index is 11.9. The summed E-state index contributed by atoms with van der Waals surface area (Å²) in [6.07, 6.45) is 0.765. The van der Waals surface area contributed by atoms with Crippen molar-refractivity contribution in [1.29, 1.82) is 0 Å². The summed E-state index contributed by atoms with van der Waals surface area (Å²) in [5.74, 6) is -2.08. The largest absolute Gasteiger partial charge is 0.508 e. The summed E-state index contributed by atoms with van der Waals surface area (Å²) >= 11 is 0. The van der Waals surface area contributed by atoms with Crippen LogP contribution in [0.3, 0.4) is 0 Å². The van der Waals surface area contributed by atoms with Gasteiger partial charge in [-0.2, -0.15) is 0 Å². The fraction of sp³-hybridized carbons (Fsp3) is 0.333. The molecule has 0 heterocycles. The maximum absolute atomic E-state index is 11.9. The lowest BCUT2D eigenvalue weighted by Crippen LogP contribution is -2.21. The van der Waals surface area contributed by atoms with E-state index in [2.05, 4.69) is 0 Å². The second-order valence-electron chi connectivity index (χ2n) is 4.48. The van der Waals surface area contributed by atoms with E-state index in [1.165, 1.54) is 12.1 Å². The number of hydrogen-bond donors (Lipinski definition) is 2. The molecule has 0 saturated carbocycles. The average molecular weight is 294 g/mol. The lowest BCUT2D eigenvalue weighted by Gasteiger charge is -2.10. The van der Waals surface area contributed by atoms with Crippen LogP contribution in [0, 0.1) is 0 Å². The summed E-state index contributed by atoms with van der Waals surface area (Å²) in [7, 11) is 0. The van der Waals surface area contributed by atoms with Gasteiger partial charge in [-0.1, -0.05) is 0 Å². The first-order chi connectivity index (χ1) is 9.85. The molecule has 1 aromatic carbocycles. The monoisotopic (exact) mass is 294 g/mol. The molecule has 0 aliphatic rings. The average Bonchev–Trinajstić information content (AvgIpc) is 2.36. The first-order valence-corrected chi connectivity index (χ1v) is 6.47. The number of aromatic hydroxyl groups is 2. The fourth-order valence-corrected chi connectivity index (χ4v) is 1.50. The number of hydrogen-bond acceptors (Lipinski definition) is 6. The molecule has 6 nitrogen and oxygen atoms in total. The van der Waals surface area contributed by atoms with E-state index in [1.807, 2.05) is 0 Å². The van der Waals surface area contributed by atoms with Crippen LogP contribution in [0.5, 0.6) is 11.5 Å². The third-order valence-electron chi connectivity index (χ3n) is 2.37. The Morgan fingerprint density at radius 2 is 1.90 bits per heavy atom. The topological polar surface area (TPSA) is 93.1 Å². The summed E-state index contributed by atoms with van der Waals surface area (Å²) in [6, 6.07) is 3.79. The lowest BCUT2D eigenvalue weighted by atomic mass is 10.1. The van der Waals surface area contributed by atoms with E-state index in [1.54, 1.807) is 20.8 Å². The van der Waals surface area contributed by atoms with Gasteiger partial charge in [-0.3, -0.25) is 0 Å². The molecule has 6 heteroatoms. The predicted molar refractivity (Wildman–Crippen MR) is 75.6 cm³/mol. The molecule has 0 fully saturated rings. The highest BCUT2D eigenvalue weighted by atomic mass is 16.6. The second-order valence-corrected chi connectivity index (χ2v) is 4.48. The first kappa shape index (κ1) is 16.6. The van der Waals surface area contributed by atoms with Gasteiger partial charge >= 0.3 is 11.9 Å². The summed E-state index contributed by atoms with van der Waals surface area (Å²) in [5, 5.41) is 18.9. The van der Waals surface area contributed by atoms with Crippen molar-refractivity contribution in [2.24, 2.45) is 0 Å². The number of carbonyl (C=O) groups is 2. The minimum atomic E-state index is -0.837. The highest BCUT2D eigenvalue weighted by Gasteiger charge is 2.22. The summed E-state index contributed by atoms with van der Waals surface area (Å²) < 4.78 is 9.78. The maximum Gasteiger partial charge on any atom is 0.345 e. The van der Waals surface area contributed by atoms with Crippen molar-refractivity contribution in [3.05, 3.63) is 29.3 Å². The molecule has 0 aliphatic heterocycles. The number of rotatable bonds is 5. The van der Waals surface area contributed by atoms with E-state index in [-0.39, 0.29) is 29.2 Å². The Kier molecular flexibility index (Phi) is 5.78. The molecule has 0 atom stereocenters. The van der Waals surface area contributed by atoms with Crippen LogP contribution in [0.25, 0.3) is 6.08 Å². The zero-order valence-corrected chi connectivity index (χ0v) is 12.1. The van der Waals surface area contributed by atoms with E-state index in [4.69, 9.17) is 9.47 Å². The van der Waals surface area contributed by atoms with Crippen LogP contribution in [-0.4, -0.2) is 34.9 Å². The molecule has 0 spiro atoms. The Hall–Kier alpha value is -2.50. The van der Waals surface area contributed by atoms with E-state index in [9.17, 15) is 19.8 Å². The summed E-state index contributed by atoms with van der Waals surface area (Å²) in [5.41, 5.74) is -0.136. The third-order valence-corrected chi connectivity index (χ3v) is 2.37. The van der Waals surface area contributed by atoms with Crippen LogP contribution >= 0.6 is 0 Å². The second kappa shape index (κ2) is 7.33. The minimum Gasteiger partial charge on any atom is -0.508 e.